The second-order valence-electron chi connectivity index (χ2n) is 5.68. The normalized spacial score (nSPS) is 18.0. The fraction of sp³-hybridized carbons (Fsp3) is 0.438. The minimum atomic E-state index is -4.52. The average Bonchev–Trinajstić information content (AvgIpc) is 2.79. The highest BCUT2D eigenvalue weighted by Crippen LogP contribution is 2.35. The molecule has 1 aliphatic rings. The summed E-state index contributed by atoms with van der Waals surface area (Å²) < 4.78 is 56.5. The summed E-state index contributed by atoms with van der Waals surface area (Å²) in [4.78, 5) is 37.3. The van der Waals surface area contributed by atoms with Crippen LogP contribution in [0.25, 0.3) is 0 Å². The Hall–Kier alpha value is -2.45. The average molecular weight is 360 g/mol. The van der Waals surface area contributed by atoms with Crippen LogP contribution in [0.2, 0.25) is 0 Å². The number of carbonyl (C=O) groups excluding carboxylic acids is 3. The molecule has 1 fully saturated rings. The number of imide groups is 1. The minimum Gasteiger partial charge on any atom is -0.325 e. The highest BCUT2D eigenvalue weighted by Gasteiger charge is 2.52. The second-order valence-corrected chi connectivity index (χ2v) is 5.68. The van der Waals surface area contributed by atoms with Crippen LogP contribution in [0, 0.1) is 11.6 Å². The second kappa shape index (κ2) is 6.81. The summed E-state index contributed by atoms with van der Waals surface area (Å²) in [5.74, 6) is -11.0. The van der Waals surface area contributed by atoms with Gasteiger partial charge in [-0.1, -0.05) is 13.0 Å². The molecule has 1 heterocycles. The fourth-order valence-electron chi connectivity index (χ4n) is 2.70. The van der Waals surface area contributed by atoms with Crippen molar-refractivity contribution in [3.8, 4) is 0 Å². The van der Waals surface area contributed by atoms with Crippen LogP contribution < -0.4 is 0 Å². The highest BCUT2D eigenvalue weighted by molar-refractivity contribution is 6.07. The number of rotatable bonds is 5. The monoisotopic (exact) mass is 360 g/mol. The van der Waals surface area contributed by atoms with Crippen LogP contribution in [0.3, 0.4) is 0 Å². The Morgan fingerprint density at radius 3 is 2.28 bits per heavy atom. The molecular weight excluding hydrogens is 344 g/mol. The number of hydrogen-bond acceptors (Lipinski definition) is 3. The van der Waals surface area contributed by atoms with Crippen LogP contribution in [-0.2, 0) is 20.3 Å². The molecule has 1 saturated heterocycles. The Labute approximate surface area is 141 Å². The molecule has 1 atom stereocenters. The Kier molecular flexibility index (Phi) is 5.15. The van der Waals surface area contributed by atoms with Gasteiger partial charge in [-0.25, -0.2) is 8.78 Å². The summed E-state index contributed by atoms with van der Waals surface area (Å²) >= 11 is 0. The molecule has 2 rings (SSSR count). The topological polar surface area (TPSA) is 57.7 Å². The molecule has 0 bridgehead atoms. The number of benzene rings is 1. The molecule has 0 saturated carbocycles. The molecule has 1 aliphatic heterocycles. The van der Waals surface area contributed by atoms with E-state index in [2.05, 4.69) is 0 Å². The molecule has 0 radical (unpaired) electrons. The number of carbonyl (C=O) groups is 3. The van der Waals surface area contributed by atoms with E-state index < -0.39 is 53.3 Å². The predicted octanol–water partition coefficient (Wildman–Crippen LogP) is 2.05. The molecular formula is C16H16F4N2O3. The van der Waals surface area contributed by atoms with Gasteiger partial charge in [0.05, 0.1) is 6.42 Å². The zero-order valence-corrected chi connectivity index (χ0v) is 13.6. The molecule has 0 aliphatic carbocycles. The van der Waals surface area contributed by atoms with Crippen molar-refractivity contribution in [2.24, 2.45) is 0 Å². The Morgan fingerprint density at radius 1 is 1.28 bits per heavy atom. The summed E-state index contributed by atoms with van der Waals surface area (Å²) in [6.45, 7) is 1.31. The molecule has 0 aromatic heterocycles. The number of amides is 3. The number of halogens is 4. The van der Waals surface area contributed by atoms with Gasteiger partial charge in [0, 0.05) is 13.6 Å². The van der Waals surface area contributed by atoms with Crippen molar-refractivity contribution in [2.75, 3.05) is 13.6 Å². The molecule has 9 heteroatoms. The molecule has 1 aromatic carbocycles. The van der Waals surface area contributed by atoms with Crippen LogP contribution >= 0.6 is 0 Å². The van der Waals surface area contributed by atoms with E-state index in [-0.39, 0.29) is 13.0 Å². The quantitative estimate of drug-likeness (QED) is 0.597. The van der Waals surface area contributed by atoms with Crippen molar-refractivity contribution in [3.63, 3.8) is 0 Å². The van der Waals surface area contributed by atoms with Gasteiger partial charge in [0.1, 0.15) is 23.2 Å². The van der Waals surface area contributed by atoms with Crippen LogP contribution in [0.1, 0.15) is 25.3 Å². The zero-order chi connectivity index (χ0) is 18.9. The number of likely N-dealkylation sites (N-methyl/N-ethyl adjacent to an activating group) is 1. The zero-order valence-electron chi connectivity index (χ0n) is 13.6. The van der Waals surface area contributed by atoms with Crippen molar-refractivity contribution in [1.29, 1.82) is 0 Å². The Balaban J connectivity index is 2.43. The predicted molar refractivity (Wildman–Crippen MR) is 78.4 cm³/mol. The lowest BCUT2D eigenvalue weighted by Gasteiger charge is -2.30. The van der Waals surface area contributed by atoms with Crippen LogP contribution in [0.4, 0.5) is 17.6 Å². The first kappa shape index (κ1) is 18.9. The molecule has 25 heavy (non-hydrogen) atoms. The third-order valence-corrected chi connectivity index (χ3v) is 4.00. The maximum absolute atomic E-state index is 14.5. The van der Waals surface area contributed by atoms with Gasteiger partial charge in [-0.15, -0.1) is 0 Å². The van der Waals surface area contributed by atoms with E-state index in [9.17, 15) is 31.9 Å². The van der Waals surface area contributed by atoms with Gasteiger partial charge in [0.25, 0.3) is 11.8 Å². The lowest BCUT2D eigenvalue weighted by Crippen LogP contribution is -2.51. The van der Waals surface area contributed by atoms with Crippen LogP contribution in [0.15, 0.2) is 18.2 Å². The number of nitrogens with zero attached hydrogens (tertiary/aromatic N) is 2. The molecule has 136 valence electrons. The van der Waals surface area contributed by atoms with Gasteiger partial charge in [-0.05, 0) is 18.6 Å². The molecule has 5 nitrogen and oxygen atoms in total. The SMILES string of the molecule is CCCN(C(=O)C(F)(F)c1c(F)cccc1F)C1CC(=O)N(C)C1=O. The fourth-order valence-corrected chi connectivity index (χ4v) is 2.70. The number of hydrogen-bond donors (Lipinski definition) is 0. The maximum Gasteiger partial charge on any atom is 0.355 e. The lowest BCUT2D eigenvalue weighted by molar-refractivity contribution is -0.164. The van der Waals surface area contributed by atoms with Crippen molar-refractivity contribution in [2.45, 2.75) is 31.7 Å². The van der Waals surface area contributed by atoms with Crippen molar-refractivity contribution in [1.82, 2.24) is 9.80 Å². The molecule has 1 aromatic rings. The van der Waals surface area contributed by atoms with E-state index in [1.165, 1.54) is 7.05 Å². The van der Waals surface area contributed by atoms with E-state index in [1.807, 2.05) is 0 Å². The third kappa shape index (κ3) is 3.22. The van der Waals surface area contributed by atoms with E-state index in [4.69, 9.17) is 0 Å². The van der Waals surface area contributed by atoms with Gasteiger partial charge in [0.2, 0.25) is 5.91 Å². The molecule has 3 amide bonds. The largest absolute Gasteiger partial charge is 0.355 e. The van der Waals surface area contributed by atoms with Crippen molar-refractivity contribution in [3.05, 3.63) is 35.4 Å². The summed E-state index contributed by atoms with van der Waals surface area (Å²) in [5.41, 5.74) is -1.67. The first-order valence-corrected chi connectivity index (χ1v) is 7.56. The third-order valence-electron chi connectivity index (χ3n) is 4.00. The van der Waals surface area contributed by atoms with Crippen molar-refractivity contribution >= 4 is 17.7 Å². The van der Waals surface area contributed by atoms with Gasteiger partial charge in [-0.3, -0.25) is 19.3 Å². The number of likely N-dealkylation sites (tertiary alicyclic amines) is 1. The van der Waals surface area contributed by atoms with Gasteiger partial charge >= 0.3 is 5.92 Å². The first-order valence-electron chi connectivity index (χ1n) is 7.56. The van der Waals surface area contributed by atoms with Gasteiger partial charge in [0.15, 0.2) is 0 Å². The smallest absolute Gasteiger partial charge is 0.325 e. The Bertz CT molecular complexity index is 703. The van der Waals surface area contributed by atoms with Gasteiger partial charge in [-0.2, -0.15) is 8.78 Å². The van der Waals surface area contributed by atoms with E-state index in [0.717, 1.165) is 11.0 Å². The van der Waals surface area contributed by atoms with Crippen LogP contribution in [-0.4, -0.2) is 47.2 Å². The molecule has 0 N–H and O–H groups in total. The van der Waals surface area contributed by atoms with E-state index >= 15 is 0 Å². The first-order chi connectivity index (χ1) is 11.6. The Morgan fingerprint density at radius 2 is 1.84 bits per heavy atom. The highest BCUT2D eigenvalue weighted by atomic mass is 19.3. The molecule has 0 spiro atoms. The minimum absolute atomic E-state index is 0.212. The standard InChI is InChI=1S/C16H16F4N2O3/c1-3-7-22(11-8-12(23)21(2)14(11)24)15(25)16(19,20)13-9(17)5-4-6-10(13)18/h4-6,11H,3,7-8H2,1-2H3. The maximum atomic E-state index is 14.5. The summed E-state index contributed by atoms with van der Waals surface area (Å²) in [7, 11) is 1.17. The number of alkyl halides is 2. The van der Waals surface area contributed by atoms with E-state index in [0.29, 0.717) is 17.0 Å². The molecule has 1 unspecified atom stereocenters. The van der Waals surface area contributed by atoms with E-state index in [1.54, 1.807) is 6.92 Å². The summed E-state index contributed by atoms with van der Waals surface area (Å²) in [6.07, 6.45) is -0.236. The summed E-state index contributed by atoms with van der Waals surface area (Å²) in [6, 6.07) is 0.710. The lowest BCUT2D eigenvalue weighted by atomic mass is 10.0. The summed E-state index contributed by atoms with van der Waals surface area (Å²) in [5, 5.41) is 0. The van der Waals surface area contributed by atoms with Crippen LogP contribution in [0.5, 0.6) is 0 Å². The van der Waals surface area contributed by atoms with Crippen molar-refractivity contribution < 1.29 is 31.9 Å². The van der Waals surface area contributed by atoms with Gasteiger partial charge < -0.3 is 4.90 Å².